The minimum absolute atomic E-state index is 0.0906. The fourth-order valence-electron chi connectivity index (χ4n) is 5.33. The molecule has 2 aromatic rings. The Morgan fingerprint density at radius 1 is 1.43 bits per heavy atom. The van der Waals surface area contributed by atoms with Crippen LogP contribution in [0, 0.1) is 21.9 Å². The van der Waals surface area contributed by atoms with Crippen molar-refractivity contribution in [1.82, 2.24) is 14.6 Å². The smallest absolute Gasteiger partial charge is 0.155 e. The molecule has 1 aliphatic heterocycles. The lowest BCUT2D eigenvalue weighted by atomic mass is 9.57. The largest absolute Gasteiger partial charge is 0.411 e. The fraction of sp³-hybridized carbons (Fsp3) is 0.550. The van der Waals surface area contributed by atoms with Crippen molar-refractivity contribution < 1.29 is 18.4 Å². The van der Waals surface area contributed by atoms with Gasteiger partial charge in [-0.2, -0.15) is 0 Å². The number of nitrogens with zero attached hydrogens (tertiary/aromatic N) is 4. The van der Waals surface area contributed by atoms with E-state index in [4.69, 9.17) is 9.41 Å². The summed E-state index contributed by atoms with van der Waals surface area (Å²) in [5.41, 5.74) is 3.81. The number of fused-ring (bicyclic) bond motifs is 1. The van der Waals surface area contributed by atoms with Crippen molar-refractivity contribution in [3.8, 4) is 0 Å². The SMILES string of the molecule is CS(=N)(=O)N1CC2(CC(Cc3nonc3/C(C[C@@H]3Cc4ccc(F)cc43)=N\O)C2)C1. The summed E-state index contributed by atoms with van der Waals surface area (Å²) in [4.78, 5) is 0. The van der Waals surface area contributed by atoms with Gasteiger partial charge in [-0.25, -0.2) is 22.3 Å². The maximum absolute atomic E-state index is 13.5. The Morgan fingerprint density at radius 2 is 2.20 bits per heavy atom. The van der Waals surface area contributed by atoms with Crippen LogP contribution in [0.2, 0.25) is 0 Å². The predicted molar refractivity (Wildman–Crippen MR) is 107 cm³/mol. The average Bonchev–Trinajstić information content (AvgIpc) is 3.05. The second kappa shape index (κ2) is 6.84. The molecule has 1 saturated heterocycles. The average molecular weight is 434 g/mol. The van der Waals surface area contributed by atoms with Gasteiger partial charge < -0.3 is 5.21 Å². The van der Waals surface area contributed by atoms with E-state index < -0.39 is 9.92 Å². The van der Waals surface area contributed by atoms with Crippen LogP contribution in [0.25, 0.3) is 0 Å². The molecule has 0 amide bonds. The minimum atomic E-state index is -2.61. The highest BCUT2D eigenvalue weighted by Crippen LogP contribution is 2.53. The van der Waals surface area contributed by atoms with Crippen molar-refractivity contribution in [1.29, 1.82) is 4.78 Å². The third kappa shape index (κ3) is 3.31. The number of oxime groups is 1. The zero-order valence-corrected chi connectivity index (χ0v) is 17.5. The fourth-order valence-corrected chi connectivity index (χ4v) is 6.37. The van der Waals surface area contributed by atoms with E-state index in [0.29, 0.717) is 48.9 Å². The monoisotopic (exact) mass is 433 g/mol. The molecule has 1 saturated carbocycles. The zero-order valence-electron chi connectivity index (χ0n) is 16.7. The number of aromatic nitrogens is 2. The first-order valence-electron chi connectivity index (χ1n) is 10.1. The van der Waals surface area contributed by atoms with Crippen molar-refractivity contribution in [3.05, 3.63) is 46.5 Å². The van der Waals surface area contributed by atoms with Gasteiger partial charge in [0, 0.05) is 25.8 Å². The molecule has 2 heterocycles. The highest BCUT2D eigenvalue weighted by atomic mass is 32.2. The molecule has 1 unspecified atom stereocenters. The van der Waals surface area contributed by atoms with Gasteiger partial charge in [0.15, 0.2) is 5.69 Å². The molecular weight excluding hydrogens is 409 g/mol. The lowest BCUT2D eigenvalue weighted by Crippen LogP contribution is -2.63. The van der Waals surface area contributed by atoms with Gasteiger partial charge in [-0.1, -0.05) is 16.4 Å². The van der Waals surface area contributed by atoms with Crippen molar-refractivity contribution in [2.24, 2.45) is 16.5 Å². The molecule has 1 spiro atoms. The summed E-state index contributed by atoms with van der Waals surface area (Å²) >= 11 is 0. The summed E-state index contributed by atoms with van der Waals surface area (Å²) in [7, 11) is -2.61. The van der Waals surface area contributed by atoms with Gasteiger partial charge in [0.2, 0.25) is 0 Å². The highest BCUT2D eigenvalue weighted by Gasteiger charge is 2.54. The Kier molecular flexibility index (Phi) is 4.48. The summed E-state index contributed by atoms with van der Waals surface area (Å²) in [5.74, 6) is 0.241. The van der Waals surface area contributed by atoms with Crippen molar-refractivity contribution in [3.63, 3.8) is 0 Å². The van der Waals surface area contributed by atoms with Crippen LogP contribution in [0.3, 0.4) is 0 Å². The summed E-state index contributed by atoms with van der Waals surface area (Å²) in [5, 5.41) is 21.1. The molecule has 2 fully saturated rings. The standard InChI is InChI=1S/C20H24FN5O3S/c1-30(22,28)26-10-20(11-26)8-12(9-20)4-18-19(25-29-24-18)17(23-27)6-14-5-13-2-3-15(21)7-16(13)14/h2-3,7,12,14,22,27H,4-6,8-11H2,1H3/b23-17-/t14-,30?/m0/s1. The van der Waals surface area contributed by atoms with Crippen LogP contribution in [-0.4, -0.2) is 49.1 Å². The van der Waals surface area contributed by atoms with Crippen LogP contribution < -0.4 is 0 Å². The molecule has 8 nitrogen and oxygen atoms in total. The van der Waals surface area contributed by atoms with E-state index in [1.54, 1.807) is 16.4 Å². The second-order valence-electron chi connectivity index (χ2n) is 9.13. The Balaban J connectivity index is 1.21. The predicted octanol–water partition coefficient (Wildman–Crippen LogP) is 2.96. The summed E-state index contributed by atoms with van der Waals surface area (Å²) in [6, 6.07) is 4.80. The number of benzene rings is 1. The van der Waals surface area contributed by atoms with Crippen LogP contribution in [0.4, 0.5) is 4.39 Å². The number of hydrogen-bond donors (Lipinski definition) is 2. The maximum atomic E-state index is 13.5. The quantitative estimate of drug-likeness (QED) is 0.413. The maximum Gasteiger partial charge on any atom is 0.155 e. The normalized spacial score (nSPS) is 25.1. The van der Waals surface area contributed by atoms with Gasteiger partial charge in [0.25, 0.3) is 0 Å². The number of nitrogens with one attached hydrogen (secondary N) is 1. The van der Waals surface area contributed by atoms with Crippen LogP contribution in [0.1, 0.15) is 47.7 Å². The Hall–Kier alpha value is -2.33. The van der Waals surface area contributed by atoms with E-state index in [1.165, 1.54) is 12.3 Å². The van der Waals surface area contributed by atoms with E-state index >= 15 is 0 Å². The van der Waals surface area contributed by atoms with Gasteiger partial charge >= 0.3 is 0 Å². The summed E-state index contributed by atoms with van der Waals surface area (Å²) in [6.45, 7) is 1.43. The molecule has 10 heteroatoms. The van der Waals surface area contributed by atoms with Crippen LogP contribution in [0.5, 0.6) is 0 Å². The second-order valence-corrected chi connectivity index (χ2v) is 11.3. The van der Waals surface area contributed by atoms with Gasteiger partial charge in [0.1, 0.15) is 27.1 Å². The van der Waals surface area contributed by atoms with E-state index in [-0.39, 0.29) is 17.2 Å². The molecule has 1 aromatic heterocycles. The first-order valence-corrected chi connectivity index (χ1v) is 12.0. The third-order valence-corrected chi connectivity index (χ3v) is 8.09. The van der Waals surface area contributed by atoms with Crippen LogP contribution in [-0.2, 0) is 22.8 Å². The molecule has 0 bridgehead atoms. The first-order chi connectivity index (χ1) is 14.3. The Morgan fingerprint density at radius 3 is 2.90 bits per heavy atom. The minimum Gasteiger partial charge on any atom is -0.411 e. The van der Waals surface area contributed by atoms with Gasteiger partial charge in [-0.05, 0) is 71.4 Å². The third-order valence-electron chi connectivity index (χ3n) is 6.85. The number of hydrogen-bond acceptors (Lipinski definition) is 7. The molecule has 2 aliphatic carbocycles. The summed E-state index contributed by atoms with van der Waals surface area (Å²) < 4.78 is 39.7. The molecule has 2 N–H and O–H groups in total. The molecule has 0 radical (unpaired) electrons. The van der Waals surface area contributed by atoms with Gasteiger partial charge in [-0.3, -0.25) is 0 Å². The first kappa shape index (κ1) is 19.6. The van der Waals surface area contributed by atoms with E-state index in [9.17, 15) is 13.8 Å². The zero-order chi connectivity index (χ0) is 21.1. The lowest BCUT2D eigenvalue weighted by molar-refractivity contribution is -0.0510. The Bertz CT molecular complexity index is 1120. The molecule has 2 atom stereocenters. The van der Waals surface area contributed by atoms with Crippen molar-refractivity contribution >= 4 is 15.6 Å². The summed E-state index contributed by atoms with van der Waals surface area (Å²) in [6.07, 6.45) is 5.39. The van der Waals surface area contributed by atoms with Gasteiger partial charge in [-0.15, -0.1) is 0 Å². The molecule has 5 rings (SSSR count). The molecule has 30 heavy (non-hydrogen) atoms. The number of rotatable bonds is 6. The Labute approximate surface area is 174 Å². The molecule has 1 aromatic carbocycles. The highest BCUT2D eigenvalue weighted by molar-refractivity contribution is 7.89. The lowest BCUT2D eigenvalue weighted by Gasteiger charge is -2.58. The van der Waals surface area contributed by atoms with Gasteiger partial charge in [0.05, 0.1) is 0 Å². The van der Waals surface area contributed by atoms with E-state index in [1.807, 2.05) is 0 Å². The van der Waals surface area contributed by atoms with Crippen LogP contribution >= 0.6 is 0 Å². The molecular formula is C20H24FN5O3S. The number of halogens is 1. The van der Waals surface area contributed by atoms with E-state index in [2.05, 4.69) is 15.5 Å². The van der Waals surface area contributed by atoms with Crippen molar-refractivity contribution in [2.45, 2.75) is 38.0 Å². The van der Waals surface area contributed by atoms with Crippen molar-refractivity contribution in [2.75, 3.05) is 19.3 Å². The molecule has 3 aliphatic rings. The molecule has 160 valence electrons. The topological polar surface area (TPSA) is 116 Å². The van der Waals surface area contributed by atoms with Crippen LogP contribution in [0.15, 0.2) is 28.0 Å². The van der Waals surface area contributed by atoms with E-state index in [0.717, 1.165) is 30.4 Å².